The lowest BCUT2D eigenvalue weighted by Crippen LogP contribution is -2.13. The zero-order chi connectivity index (χ0) is 7.82. The molecule has 1 atom stereocenters. The van der Waals surface area contributed by atoms with Crippen molar-refractivity contribution < 1.29 is 9.84 Å². The van der Waals surface area contributed by atoms with Crippen LogP contribution in [0.4, 0.5) is 0 Å². The Labute approximate surface area is 62.5 Å². The Kier molecular flexibility index (Phi) is 6.55. The van der Waals surface area contributed by atoms with E-state index in [1.165, 1.54) is 0 Å². The fraction of sp³-hybridized carbons (Fsp3) is 0.750. The van der Waals surface area contributed by atoms with Gasteiger partial charge in [0, 0.05) is 0 Å². The van der Waals surface area contributed by atoms with Gasteiger partial charge in [-0.25, -0.2) is 0 Å². The number of ether oxygens (including phenoxy) is 1. The van der Waals surface area contributed by atoms with Crippen LogP contribution < -0.4 is 0 Å². The first-order valence-electron chi connectivity index (χ1n) is 3.68. The number of aliphatic hydroxyl groups is 1. The SMILES string of the molecule is C/C=C/COCC(O)CC. The van der Waals surface area contributed by atoms with E-state index in [0.29, 0.717) is 13.2 Å². The van der Waals surface area contributed by atoms with Crippen LogP contribution in [0.5, 0.6) is 0 Å². The second kappa shape index (κ2) is 6.78. The summed E-state index contributed by atoms with van der Waals surface area (Å²) in [6.45, 7) is 4.93. The summed E-state index contributed by atoms with van der Waals surface area (Å²) < 4.78 is 5.09. The van der Waals surface area contributed by atoms with Crippen molar-refractivity contribution in [1.82, 2.24) is 0 Å². The fourth-order valence-corrected chi connectivity index (χ4v) is 0.486. The summed E-state index contributed by atoms with van der Waals surface area (Å²) in [7, 11) is 0. The van der Waals surface area contributed by atoms with E-state index >= 15 is 0 Å². The van der Waals surface area contributed by atoms with Gasteiger partial charge in [0.25, 0.3) is 0 Å². The van der Waals surface area contributed by atoms with Crippen molar-refractivity contribution in [3.8, 4) is 0 Å². The van der Waals surface area contributed by atoms with Crippen molar-refractivity contribution >= 4 is 0 Å². The second-order valence-corrected chi connectivity index (χ2v) is 2.17. The van der Waals surface area contributed by atoms with Gasteiger partial charge in [-0.15, -0.1) is 0 Å². The fourth-order valence-electron chi connectivity index (χ4n) is 0.486. The predicted octanol–water partition coefficient (Wildman–Crippen LogP) is 1.35. The molecule has 0 amide bonds. The first kappa shape index (κ1) is 9.66. The molecule has 0 aliphatic carbocycles. The minimum absolute atomic E-state index is 0.301. The van der Waals surface area contributed by atoms with Crippen molar-refractivity contribution in [2.24, 2.45) is 0 Å². The second-order valence-electron chi connectivity index (χ2n) is 2.17. The van der Waals surface area contributed by atoms with Crippen molar-refractivity contribution in [1.29, 1.82) is 0 Å². The molecule has 0 aromatic carbocycles. The van der Waals surface area contributed by atoms with Crippen molar-refractivity contribution in [3.63, 3.8) is 0 Å². The van der Waals surface area contributed by atoms with E-state index in [9.17, 15) is 0 Å². The van der Waals surface area contributed by atoms with Crippen LogP contribution in [0.3, 0.4) is 0 Å². The lowest BCUT2D eigenvalue weighted by atomic mass is 10.3. The number of hydrogen-bond acceptors (Lipinski definition) is 2. The first-order valence-corrected chi connectivity index (χ1v) is 3.68. The Hall–Kier alpha value is -0.340. The third kappa shape index (κ3) is 5.79. The summed E-state index contributed by atoms with van der Waals surface area (Å²) in [5.41, 5.74) is 0. The molecule has 60 valence electrons. The summed E-state index contributed by atoms with van der Waals surface area (Å²) in [6, 6.07) is 0. The average molecular weight is 144 g/mol. The molecule has 1 unspecified atom stereocenters. The summed E-state index contributed by atoms with van der Waals surface area (Å²) >= 11 is 0. The van der Waals surface area contributed by atoms with E-state index in [1.807, 2.05) is 26.0 Å². The Morgan fingerprint density at radius 1 is 1.60 bits per heavy atom. The number of hydrogen-bond donors (Lipinski definition) is 1. The van der Waals surface area contributed by atoms with E-state index in [2.05, 4.69) is 0 Å². The number of rotatable bonds is 5. The normalized spacial score (nSPS) is 14.3. The van der Waals surface area contributed by atoms with Crippen LogP contribution in [0.25, 0.3) is 0 Å². The largest absolute Gasteiger partial charge is 0.391 e. The van der Waals surface area contributed by atoms with Gasteiger partial charge in [-0.2, -0.15) is 0 Å². The quantitative estimate of drug-likeness (QED) is 0.466. The summed E-state index contributed by atoms with van der Waals surface area (Å²) in [5, 5.41) is 9.01. The van der Waals surface area contributed by atoms with Gasteiger partial charge in [0.1, 0.15) is 0 Å². The lowest BCUT2D eigenvalue weighted by Gasteiger charge is -2.05. The summed E-state index contributed by atoms with van der Waals surface area (Å²) in [5.74, 6) is 0. The van der Waals surface area contributed by atoms with Gasteiger partial charge in [-0.3, -0.25) is 0 Å². The maximum Gasteiger partial charge on any atom is 0.0771 e. The van der Waals surface area contributed by atoms with Crippen LogP contribution >= 0.6 is 0 Å². The molecule has 0 aromatic heterocycles. The number of allylic oxidation sites excluding steroid dienone is 1. The molecule has 0 bridgehead atoms. The van der Waals surface area contributed by atoms with Gasteiger partial charge >= 0.3 is 0 Å². The Balaban J connectivity index is 3.03. The van der Waals surface area contributed by atoms with Gasteiger partial charge in [-0.05, 0) is 13.3 Å². The van der Waals surface area contributed by atoms with Crippen LogP contribution in [0.2, 0.25) is 0 Å². The van der Waals surface area contributed by atoms with Gasteiger partial charge in [0.05, 0.1) is 19.3 Å². The van der Waals surface area contributed by atoms with Crippen LogP contribution in [0.15, 0.2) is 12.2 Å². The summed E-state index contributed by atoms with van der Waals surface area (Å²) in [4.78, 5) is 0. The molecule has 0 fully saturated rings. The molecule has 10 heavy (non-hydrogen) atoms. The molecule has 0 rings (SSSR count). The van der Waals surface area contributed by atoms with Crippen molar-refractivity contribution in [2.75, 3.05) is 13.2 Å². The Morgan fingerprint density at radius 3 is 2.80 bits per heavy atom. The van der Waals surface area contributed by atoms with E-state index in [0.717, 1.165) is 6.42 Å². The zero-order valence-corrected chi connectivity index (χ0v) is 6.71. The molecule has 0 aromatic rings. The molecule has 0 heterocycles. The molecule has 0 saturated carbocycles. The molecule has 0 aliphatic rings. The van der Waals surface area contributed by atoms with E-state index in [1.54, 1.807) is 0 Å². The summed E-state index contributed by atoms with van der Waals surface area (Å²) in [6.07, 6.45) is 4.31. The highest BCUT2D eigenvalue weighted by Crippen LogP contribution is 1.90. The van der Waals surface area contributed by atoms with Gasteiger partial charge in [0.2, 0.25) is 0 Å². The topological polar surface area (TPSA) is 29.5 Å². The number of aliphatic hydroxyl groups excluding tert-OH is 1. The standard InChI is InChI=1S/C8H16O2/c1-3-5-6-10-7-8(9)4-2/h3,5,8-9H,4,6-7H2,1-2H3/b5-3+. The smallest absolute Gasteiger partial charge is 0.0771 e. The highest BCUT2D eigenvalue weighted by Gasteiger charge is 1.97. The minimum Gasteiger partial charge on any atom is -0.391 e. The highest BCUT2D eigenvalue weighted by molar-refractivity contribution is 4.75. The molecule has 0 saturated heterocycles. The van der Waals surface area contributed by atoms with Crippen LogP contribution in [-0.4, -0.2) is 24.4 Å². The third-order valence-electron chi connectivity index (χ3n) is 1.23. The van der Waals surface area contributed by atoms with Gasteiger partial charge in [0.15, 0.2) is 0 Å². The molecule has 1 N–H and O–H groups in total. The van der Waals surface area contributed by atoms with Gasteiger partial charge in [-0.1, -0.05) is 19.1 Å². The Bertz CT molecular complexity index is 89.3. The molecule has 0 aliphatic heterocycles. The maximum atomic E-state index is 9.01. The van der Waals surface area contributed by atoms with Crippen molar-refractivity contribution in [2.45, 2.75) is 26.4 Å². The molecular formula is C8H16O2. The maximum absolute atomic E-state index is 9.01. The van der Waals surface area contributed by atoms with Crippen LogP contribution in [0, 0.1) is 0 Å². The monoisotopic (exact) mass is 144 g/mol. The molecular weight excluding hydrogens is 128 g/mol. The predicted molar refractivity (Wildman–Crippen MR) is 41.9 cm³/mol. The molecule has 0 spiro atoms. The first-order chi connectivity index (χ1) is 4.81. The van der Waals surface area contributed by atoms with Crippen molar-refractivity contribution in [3.05, 3.63) is 12.2 Å². The zero-order valence-electron chi connectivity index (χ0n) is 6.71. The molecule has 2 nitrogen and oxygen atoms in total. The minimum atomic E-state index is -0.301. The molecule has 0 radical (unpaired) electrons. The average Bonchev–Trinajstić information content (AvgIpc) is 1.98. The third-order valence-corrected chi connectivity index (χ3v) is 1.23. The lowest BCUT2D eigenvalue weighted by molar-refractivity contribution is 0.0473. The van der Waals surface area contributed by atoms with Gasteiger partial charge < -0.3 is 9.84 Å². The Morgan fingerprint density at radius 2 is 2.30 bits per heavy atom. The van der Waals surface area contributed by atoms with E-state index in [-0.39, 0.29) is 6.10 Å². The highest BCUT2D eigenvalue weighted by atomic mass is 16.5. The van der Waals surface area contributed by atoms with E-state index in [4.69, 9.17) is 9.84 Å². The molecule has 2 heteroatoms. The van der Waals surface area contributed by atoms with Crippen LogP contribution in [-0.2, 0) is 4.74 Å². The van der Waals surface area contributed by atoms with Crippen LogP contribution in [0.1, 0.15) is 20.3 Å². The van der Waals surface area contributed by atoms with E-state index < -0.39 is 0 Å².